The van der Waals surface area contributed by atoms with E-state index in [1.165, 1.54) is 6.92 Å². The Kier molecular flexibility index (Phi) is 6.26. The van der Waals surface area contributed by atoms with Crippen LogP contribution in [0, 0.1) is 0 Å². The van der Waals surface area contributed by atoms with Crippen molar-refractivity contribution in [3.8, 4) is 5.75 Å². The lowest BCUT2D eigenvalue weighted by Crippen LogP contribution is -2.30. The summed E-state index contributed by atoms with van der Waals surface area (Å²) in [6.07, 6.45) is -10.5. The highest BCUT2D eigenvalue weighted by atomic mass is 19.4. The number of hydrogen-bond donors (Lipinski definition) is 1. The highest BCUT2D eigenvalue weighted by molar-refractivity contribution is 5.94. The van der Waals surface area contributed by atoms with E-state index in [0.717, 1.165) is 12.0 Å². The minimum absolute atomic E-state index is 0.00706. The van der Waals surface area contributed by atoms with Crippen molar-refractivity contribution in [3.63, 3.8) is 0 Å². The van der Waals surface area contributed by atoms with Crippen molar-refractivity contribution >= 4 is 11.6 Å². The van der Waals surface area contributed by atoms with Crippen LogP contribution in [0.25, 0.3) is 0 Å². The molecular formula is C19H17F6NO2. The molecule has 2 aromatic carbocycles. The second-order valence-electron chi connectivity index (χ2n) is 6.04. The largest absolute Gasteiger partial charge is 0.481 e. The number of amides is 1. The molecular weight excluding hydrogens is 388 g/mol. The quantitative estimate of drug-likeness (QED) is 0.649. The second-order valence-corrected chi connectivity index (χ2v) is 6.04. The first-order chi connectivity index (χ1) is 12.9. The van der Waals surface area contributed by atoms with Gasteiger partial charge in [0.2, 0.25) is 0 Å². The van der Waals surface area contributed by atoms with Crippen LogP contribution in [0.5, 0.6) is 5.75 Å². The zero-order valence-electron chi connectivity index (χ0n) is 14.9. The predicted molar refractivity (Wildman–Crippen MR) is 91.0 cm³/mol. The van der Waals surface area contributed by atoms with E-state index in [-0.39, 0.29) is 6.07 Å². The number of benzene rings is 2. The van der Waals surface area contributed by atoms with Gasteiger partial charge in [-0.1, -0.05) is 19.1 Å². The molecule has 0 spiro atoms. The third-order valence-corrected chi connectivity index (χ3v) is 3.87. The molecule has 2 rings (SSSR count). The molecule has 0 aliphatic heterocycles. The first-order valence-electron chi connectivity index (χ1n) is 8.26. The van der Waals surface area contributed by atoms with E-state index >= 15 is 0 Å². The van der Waals surface area contributed by atoms with Crippen LogP contribution in [-0.4, -0.2) is 12.0 Å². The Morgan fingerprint density at radius 2 is 1.46 bits per heavy atom. The minimum atomic E-state index is -4.99. The Labute approximate surface area is 157 Å². The number of rotatable bonds is 5. The van der Waals surface area contributed by atoms with Gasteiger partial charge in [0.15, 0.2) is 6.10 Å². The predicted octanol–water partition coefficient (Wildman–Crippen LogP) is 5.69. The highest BCUT2D eigenvalue weighted by Crippen LogP contribution is 2.38. The number of hydrogen-bond acceptors (Lipinski definition) is 2. The number of aryl methyl sites for hydroxylation is 1. The van der Waals surface area contributed by atoms with E-state index < -0.39 is 41.2 Å². The third-order valence-electron chi connectivity index (χ3n) is 3.87. The molecule has 9 heteroatoms. The second kappa shape index (κ2) is 8.12. The molecule has 0 aliphatic carbocycles. The van der Waals surface area contributed by atoms with E-state index in [2.05, 4.69) is 5.32 Å². The molecule has 1 amide bonds. The topological polar surface area (TPSA) is 38.3 Å². The smallest absolute Gasteiger partial charge is 0.416 e. The molecule has 0 radical (unpaired) electrons. The molecule has 0 aromatic heterocycles. The average molecular weight is 405 g/mol. The normalized spacial score (nSPS) is 13.1. The van der Waals surface area contributed by atoms with Crippen LogP contribution in [0.4, 0.5) is 32.0 Å². The summed E-state index contributed by atoms with van der Waals surface area (Å²) in [6.45, 7) is 3.18. The summed E-state index contributed by atoms with van der Waals surface area (Å²) in [4.78, 5) is 12.2. The highest BCUT2D eigenvalue weighted by Gasteiger charge is 2.37. The summed E-state index contributed by atoms with van der Waals surface area (Å²) in [6, 6.07) is 7.68. The number of anilines is 1. The molecule has 152 valence electrons. The number of alkyl halides is 6. The molecule has 1 N–H and O–H groups in total. The van der Waals surface area contributed by atoms with Crippen molar-refractivity contribution in [2.24, 2.45) is 0 Å². The van der Waals surface area contributed by atoms with Crippen molar-refractivity contribution in [1.82, 2.24) is 0 Å². The number of ether oxygens (including phenoxy) is 1. The summed E-state index contributed by atoms with van der Waals surface area (Å²) in [5.41, 5.74) is -1.57. The zero-order chi connectivity index (χ0) is 21.1. The van der Waals surface area contributed by atoms with Gasteiger partial charge in [-0.25, -0.2) is 0 Å². The lowest BCUT2D eigenvalue weighted by atomic mass is 10.1. The van der Waals surface area contributed by atoms with E-state index in [1.807, 2.05) is 6.92 Å². The Bertz CT molecular complexity index is 796. The first-order valence-corrected chi connectivity index (χ1v) is 8.26. The fourth-order valence-electron chi connectivity index (χ4n) is 2.32. The number of carbonyl (C=O) groups excluding carboxylic acids is 1. The summed E-state index contributed by atoms with van der Waals surface area (Å²) in [5, 5.41) is 2.49. The zero-order valence-corrected chi connectivity index (χ0v) is 14.9. The van der Waals surface area contributed by atoms with Crippen molar-refractivity contribution in [1.29, 1.82) is 0 Å². The molecule has 28 heavy (non-hydrogen) atoms. The molecule has 3 nitrogen and oxygen atoms in total. The van der Waals surface area contributed by atoms with Crippen molar-refractivity contribution in [2.45, 2.75) is 38.7 Å². The van der Waals surface area contributed by atoms with Gasteiger partial charge in [0.25, 0.3) is 5.91 Å². The maximum atomic E-state index is 12.9. The molecule has 2 aromatic rings. The maximum Gasteiger partial charge on any atom is 0.416 e. The van der Waals surface area contributed by atoms with Gasteiger partial charge in [-0.05, 0) is 49.2 Å². The Morgan fingerprint density at radius 1 is 0.964 bits per heavy atom. The number of carbonyl (C=O) groups is 1. The van der Waals surface area contributed by atoms with Gasteiger partial charge in [0.05, 0.1) is 11.1 Å². The first kappa shape index (κ1) is 21.6. The van der Waals surface area contributed by atoms with Crippen LogP contribution < -0.4 is 10.1 Å². The molecule has 0 saturated carbocycles. The van der Waals surface area contributed by atoms with Crippen molar-refractivity contribution in [2.75, 3.05) is 5.32 Å². The van der Waals surface area contributed by atoms with Gasteiger partial charge < -0.3 is 10.1 Å². The summed E-state index contributed by atoms with van der Waals surface area (Å²) in [5.74, 6) is -1.42. The minimum Gasteiger partial charge on any atom is -0.481 e. The van der Waals surface area contributed by atoms with Crippen LogP contribution in [0.1, 0.15) is 30.5 Å². The fourth-order valence-corrected chi connectivity index (χ4v) is 2.32. The molecule has 0 heterocycles. The van der Waals surface area contributed by atoms with Crippen LogP contribution in [0.15, 0.2) is 42.5 Å². The van der Waals surface area contributed by atoms with Crippen molar-refractivity contribution in [3.05, 3.63) is 59.2 Å². The number of halogens is 6. The SMILES string of the molecule is CCc1ccc(NC(=O)[C@@H](C)Oc2cc(C(F)(F)F)cc(C(F)(F)F)c2)cc1. The van der Waals surface area contributed by atoms with Crippen LogP contribution in [0.2, 0.25) is 0 Å². The maximum absolute atomic E-state index is 12.9. The standard InChI is InChI=1S/C19H17F6NO2/c1-3-12-4-6-15(7-5-12)26-17(27)11(2)28-16-9-13(18(20,21)22)8-14(10-16)19(23,24)25/h4-11H,3H2,1-2H3,(H,26,27)/t11-/m1/s1. The molecule has 0 fully saturated rings. The van der Waals surface area contributed by atoms with Crippen LogP contribution in [-0.2, 0) is 23.6 Å². The monoisotopic (exact) mass is 405 g/mol. The summed E-state index contributed by atoms with van der Waals surface area (Å²) >= 11 is 0. The van der Waals surface area contributed by atoms with Gasteiger partial charge in [-0.3, -0.25) is 4.79 Å². The summed E-state index contributed by atoms with van der Waals surface area (Å²) < 4.78 is 82.3. The Hall–Kier alpha value is -2.71. The molecule has 0 bridgehead atoms. The van der Waals surface area contributed by atoms with Crippen LogP contribution in [0.3, 0.4) is 0 Å². The van der Waals surface area contributed by atoms with E-state index in [1.54, 1.807) is 24.3 Å². The van der Waals surface area contributed by atoms with E-state index in [0.29, 0.717) is 17.8 Å². The van der Waals surface area contributed by atoms with Crippen LogP contribution >= 0.6 is 0 Å². The van der Waals surface area contributed by atoms with E-state index in [9.17, 15) is 31.1 Å². The van der Waals surface area contributed by atoms with Gasteiger partial charge >= 0.3 is 12.4 Å². The van der Waals surface area contributed by atoms with Gasteiger partial charge in [0, 0.05) is 5.69 Å². The lowest BCUT2D eigenvalue weighted by molar-refractivity contribution is -0.143. The fraction of sp³-hybridized carbons (Fsp3) is 0.316. The molecule has 1 atom stereocenters. The van der Waals surface area contributed by atoms with Gasteiger partial charge in [-0.15, -0.1) is 0 Å². The molecule has 0 aliphatic rings. The lowest BCUT2D eigenvalue weighted by Gasteiger charge is -2.18. The third kappa shape index (κ3) is 5.64. The molecule has 0 unspecified atom stereocenters. The van der Waals surface area contributed by atoms with Crippen molar-refractivity contribution < 1.29 is 35.9 Å². The Morgan fingerprint density at radius 3 is 1.89 bits per heavy atom. The van der Waals surface area contributed by atoms with E-state index in [4.69, 9.17) is 4.74 Å². The van der Waals surface area contributed by atoms with Gasteiger partial charge in [-0.2, -0.15) is 26.3 Å². The summed E-state index contributed by atoms with van der Waals surface area (Å²) in [7, 11) is 0. The van der Waals surface area contributed by atoms with Gasteiger partial charge in [0.1, 0.15) is 5.75 Å². The average Bonchev–Trinajstić information content (AvgIpc) is 2.60. The number of nitrogens with one attached hydrogen (secondary N) is 1. The Balaban J connectivity index is 2.19. The molecule has 0 saturated heterocycles.